The molecule has 0 saturated heterocycles. The van der Waals surface area contributed by atoms with Gasteiger partial charge in [0.25, 0.3) is 0 Å². The van der Waals surface area contributed by atoms with Crippen LogP contribution in [0.1, 0.15) is 5.56 Å². The molecule has 2 rings (SSSR count). The summed E-state index contributed by atoms with van der Waals surface area (Å²) in [5.74, 6) is -0.763. The van der Waals surface area contributed by atoms with Gasteiger partial charge >= 0.3 is 12.4 Å². The average Bonchev–Trinajstić information content (AvgIpc) is 2.06. The zero-order valence-electron chi connectivity index (χ0n) is 7.44. The minimum atomic E-state index is -4.41. The Morgan fingerprint density at radius 1 is 1.19 bits per heavy atom. The highest BCUT2D eigenvalue weighted by molar-refractivity contribution is 6.33. The molecule has 1 aromatic rings. The Hall–Kier alpha value is -1.21. The lowest BCUT2D eigenvalue weighted by Gasteiger charge is -2.30. The molecular weight excluding hydrogens is 254 g/mol. The molecule has 0 unspecified atom stereocenters. The fraction of sp³-hybridized carbons (Fsp3) is 0.250. The number of fused-ring (bicyclic) bond motifs is 1. The van der Waals surface area contributed by atoms with E-state index in [9.17, 15) is 17.6 Å². The number of halogens is 5. The standard InChI is InChI=1S/C8H4ClF4NO2/c9-4-2-6-3(1-5(4)14)7(10,11)16-8(12,13)15-6/h1-2H,14H2. The third-order valence-electron chi connectivity index (χ3n) is 1.89. The van der Waals surface area contributed by atoms with Crippen molar-refractivity contribution in [2.24, 2.45) is 0 Å². The SMILES string of the molecule is Nc1cc2c(cc1Cl)OC(F)(F)OC2(F)F. The van der Waals surface area contributed by atoms with Gasteiger partial charge < -0.3 is 10.5 Å². The van der Waals surface area contributed by atoms with Crippen molar-refractivity contribution in [3.05, 3.63) is 22.7 Å². The molecule has 0 atom stereocenters. The van der Waals surface area contributed by atoms with E-state index in [0.29, 0.717) is 0 Å². The van der Waals surface area contributed by atoms with Gasteiger partial charge in [-0.25, -0.2) is 4.74 Å². The zero-order valence-corrected chi connectivity index (χ0v) is 8.19. The van der Waals surface area contributed by atoms with E-state index in [4.69, 9.17) is 17.3 Å². The lowest BCUT2D eigenvalue weighted by Crippen LogP contribution is -2.41. The Kier molecular flexibility index (Phi) is 2.22. The van der Waals surface area contributed by atoms with Crippen LogP contribution >= 0.6 is 11.6 Å². The van der Waals surface area contributed by atoms with Gasteiger partial charge in [0.2, 0.25) is 0 Å². The Morgan fingerprint density at radius 3 is 2.44 bits per heavy atom. The highest BCUT2D eigenvalue weighted by Crippen LogP contribution is 2.47. The monoisotopic (exact) mass is 257 g/mol. The van der Waals surface area contributed by atoms with Crippen LogP contribution in [0.2, 0.25) is 5.02 Å². The number of hydrogen-bond acceptors (Lipinski definition) is 3. The van der Waals surface area contributed by atoms with Crippen LogP contribution in [0.15, 0.2) is 12.1 Å². The van der Waals surface area contributed by atoms with Gasteiger partial charge in [-0.15, -0.1) is 8.78 Å². The summed E-state index contributed by atoms with van der Waals surface area (Å²) in [5.41, 5.74) is 4.20. The highest BCUT2D eigenvalue weighted by Gasteiger charge is 2.54. The number of anilines is 1. The van der Waals surface area contributed by atoms with Gasteiger partial charge in [0.05, 0.1) is 16.3 Å². The van der Waals surface area contributed by atoms with E-state index in [1.807, 2.05) is 0 Å². The van der Waals surface area contributed by atoms with Crippen molar-refractivity contribution in [3.63, 3.8) is 0 Å². The van der Waals surface area contributed by atoms with Crippen LogP contribution in [0.25, 0.3) is 0 Å². The molecule has 1 heterocycles. The number of ether oxygens (including phenoxy) is 2. The third-order valence-corrected chi connectivity index (χ3v) is 2.22. The van der Waals surface area contributed by atoms with E-state index >= 15 is 0 Å². The molecule has 0 spiro atoms. The van der Waals surface area contributed by atoms with Gasteiger partial charge in [0.15, 0.2) is 0 Å². The molecule has 0 aliphatic carbocycles. The maximum atomic E-state index is 13.1. The molecule has 1 aliphatic heterocycles. The predicted molar refractivity (Wildman–Crippen MR) is 46.4 cm³/mol. The van der Waals surface area contributed by atoms with E-state index in [2.05, 4.69) is 9.47 Å². The summed E-state index contributed by atoms with van der Waals surface area (Å²) >= 11 is 5.50. The number of nitrogens with two attached hydrogens (primary N) is 1. The Balaban J connectivity index is 2.60. The first-order valence-electron chi connectivity index (χ1n) is 3.95. The number of rotatable bonds is 0. The first kappa shape index (κ1) is 11.3. The summed E-state index contributed by atoms with van der Waals surface area (Å²) in [6, 6.07) is 1.52. The summed E-state index contributed by atoms with van der Waals surface area (Å²) in [5, 5.41) is -0.160. The summed E-state index contributed by atoms with van der Waals surface area (Å²) in [6.45, 7) is 0. The van der Waals surface area contributed by atoms with Gasteiger partial charge in [-0.05, 0) is 6.07 Å². The van der Waals surface area contributed by atoms with Gasteiger partial charge in [0, 0.05) is 6.07 Å². The van der Waals surface area contributed by atoms with Crippen LogP contribution < -0.4 is 10.5 Å². The summed E-state index contributed by atoms with van der Waals surface area (Å²) < 4.78 is 58.6. The smallest absolute Gasteiger partial charge is 0.409 e. The average molecular weight is 258 g/mol. The topological polar surface area (TPSA) is 44.5 Å². The Labute approximate surface area is 91.7 Å². The van der Waals surface area contributed by atoms with E-state index in [1.54, 1.807) is 0 Å². The number of benzene rings is 1. The predicted octanol–water partition coefficient (Wildman–Crippen LogP) is 2.93. The van der Waals surface area contributed by atoms with Crippen molar-refractivity contribution >= 4 is 17.3 Å². The van der Waals surface area contributed by atoms with Crippen molar-refractivity contribution in [1.29, 1.82) is 0 Å². The minimum absolute atomic E-state index is 0.160. The van der Waals surface area contributed by atoms with Gasteiger partial charge in [-0.2, -0.15) is 8.78 Å². The second kappa shape index (κ2) is 3.14. The van der Waals surface area contributed by atoms with Crippen LogP contribution in [-0.4, -0.2) is 6.29 Å². The maximum Gasteiger partial charge on any atom is 0.540 e. The van der Waals surface area contributed by atoms with Crippen LogP contribution in [0.5, 0.6) is 5.75 Å². The summed E-state index contributed by atoms with van der Waals surface area (Å²) in [7, 11) is 0. The third kappa shape index (κ3) is 1.76. The van der Waals surface area contributed by atoms with E-state index in [0.717, 1.165) is 12.1 Å². The van der Waals surface area contributed by atoms with Crippen LogP contribution in [0.3, 0.4) is 0 Å². The van der Waals surface area contributed by atoms with Gasteiger partial charge in [0.1, 0.15) is 5.75 Å². The fourth-order valence-electron chi connectivity index (χ4n) is 1.24. The van der Waals surface area contributed by atoms with E-state index in [1.165, 1.54) is 0 Å². The van der Waals surface area contributed by atoms with Crippen LogP contribution in [0.4, 0.5) is 23.2 Å². The molecule has 2 N–H and O–H groups in total. The molecule has 16 heavy (non-hydrogen) atoms. The number of nitrogen functional groups attached to an aromatic ring is 1. The molecule has 0 radical (unpaired) electrons. The first-order chi connectivity index (χ1) is 7.21. The number of hydrogen-bond donors (Lipinski definition) is 1. The van der Waals surface area contributed by atoms with Crippen molar-refractivity contribution in [3.8, 4) is 5.75 Å². The van der Waals surface area contributed by atoms with Crippen LogP contribution in [0, 0.1) is 0 Å². The molecule has 1 aromatic carbocycles. The highest BCUT2D eigenvalue weighted by atomic mass is 35.5. The van der Waals surface area contributed by atoms with E-state index in [-0.39, 0.29) is 10.7 Å². The zero-order chi connectivity index (χ0) is 12.1. The molecular formula is C8H4ClF4NO2. The second-order valence-electron chi connectivity index (χ2n) is 3.05. The molecule has 0 aromatic heterocycles. The second-order valence-corrected chi connectivity index (χ2v) is 3.46. The summed E-state index contributed by atoms with van der Waals surface area (Å²) in [4.78, 5) is 0. The quantitative estimate of drug-likeness (QED) is 0.574. The molecule has 88 valence electrons. The minimum Gasteiger partial charge on any atom is -0.409 e. The molecule has 1 aliphatic rings. The van der Waals surface area contributed by atoms with Crippen LogP contribution in [-0.2, 0) is 10.8 Å². The first-order valence-corrected chi connectivity index (χ1v) is 4.33. The molecule has 8 heteroatoms. The van der Waals surface area contributed by atoms with Gasteiger partial charge in [-0.3, -0.25) is 0 Å². The summed E-state index contributed by atoms with van der Waals surface area (Å²) in [6.07, 6.45) is -8.59. The van der Waals surface area contributed by atoms with Crippen molar-refractivity contribution in [2.45, 2.75) is 12.4 Å². The normalized spacial score (nSPS) is 21.1. The number of alkyl halides is 4. The Morgan fingerprint density at radius 2 is 1.81 bits per heavy atom. The molecule has 0 bridgehead atoms. The van der Waals surface area contributed by atoms with Crippen molar-refractivity contribution in [1.82, 2.24) is 0 Å². The van der Waals surface area contributed by atoms with E-state index < -0.39 is 23.7 Å². The largest absolute Gasteiger partial charge is 0.540 e. The van der Waals surface area contributed by atoms with Gasteiger partial charge in [-0.1, -0.05) is 11.6 Å². The van der Waals surface area contributed by atoms with Crippen molar-refractivity contribution in [2.75, 3.05) is 5.73 Å². The fourth-order valence-corrected chi connectivity index (χ4v) is 1.39. The molecule has 0 amide bonds. The molecule has 3 nitrogen and oxygen atoms in total. The molecule has 0 saturated carbocycles. The maximum absolute atomic E-state index is 13.1. The Bertz CT molecular complexity index is 452. The van der Waals surface area contributed by atoms with Crippen molar-refractivity contribution < 1.29 is 27.0 Å². The lowest BCUT2D eigenvalue weighted by molar-refractivity contribution is -0.461. The molecule has 0 fully saturated rings. The lowest BCUT2D eigenvalue weighted by atomic mass is 10.1.